The summed E-state index contributed by atoms with van der Waals surface area (Å²) in [7, 11) is 3.65. The summed E-state index contributed by atoms with van der Waals surface area (Å²) < 4.78 is 6.99. The first-order valence-electron chi connectivity index (χ1n) is 9.11. The van der Waals surface area contributed by atoms with Crippen LogP contribution < -0.4 is 5.32 Å². The lowest BCUT2D eigenvalue weighted by Crippen LogP contribution is -2.46. The second kappa shape index (κ2) is 8.94. The molecular weight excluding hydrogens is 304 g/mol. The number of aliphatic hydroxyl groups excluding tert-OH is 1. The minimum absolute atomic E-state index is 0.370. The van der Waals surface area contributed by atoms with Gasteiger partial charge in [0.1, 0.15) is 0 Å². The van der Waals surface area contributed by atoms with Gasteiger partial charge in [0, 0.05) is 44.0 Å². The Morgan fingerprint density at radius 1 is 1.33 bits per heavy atom. The summed E-state index contributed by atoms with van der Waals surface area (Å²) in [5, 5.41) is 18.3. The maximum Gasteiger partial charge on any atom is 0.0900 e. The van der Waals surface area contributed by atoms with Gasteiger partial charge in [0.2, 0.25) is 0 Å². The van der Waals surface area contributed by atoms with Crippen molar-refractivity contribution in [3.8, 4) is 0 Å². The smallest absolute Gasteiger partial charge is 0.0900 e. The molecule has 2 atom stereocenters. The predicted octanol–water partition coefficient (Wildman–Crippen LogP) is 1.55. The second-order valence-corrected chi connectivity index (χ2v) is 7.02. The van der Waals surface area contributed by atoms with Crippen LogP contribution in [0.25, 0.3) is 0 Å². The largest absolute Gasteiger partial charge is 0.389 e. The van der Waals surface area contributed by atoms with Gasteiger partial charge in [-0.25, -0.2) is 0 Å². The van der Waals surface area contributed by atoms with Crippen molar-refractivity contribution in [1.82, 2.24) is 20.0 Å². The molecule has 6 nitrogen and oxygen atoms in total. The average Bonchev–Trinajstić information content (AvgIpc) is 2.80. The molecule has 0 aromatic carbocycles. The number of hydrogen-bond donors (Lipinski definition) is 2. The Balaban J connectivity index is 1.88. The molecule has 0 spiro atoms. The van der Waals surface area contributed by atoms with Gasteiger partial charge in [-0.3, -0.25) is 4.68 Å². The molecule has 2 heterocycles. The van der Waals surface area contributed by atoms with Crippen molar-refractivity contribution in [3.05, 3.63) is 17.0 Å². The number of aryl methyl sites for hydroxylation is 2. The van der Waals surface area contributed by atoms with Crippen LogP contribution in [-0.4, -0.2) is 65.3 Å². The Kier molecular flexibility index (Phi) is 7.22. The molecule has 1 aliphatic rings. The normalized spacial score (nSPS) is 19.6. The summed E-state index contributed by atoms with van der Waals surface area (Å²) >= 11 is 0. The number of methoxy groups -OCH3 is 1. The zero-order chi connectivity index (χ0) is 17.7. The van der Waals surface area contributed by atoms with E-state index in [1.807, 2.05) is 11.7 Å². The van der Waals surface area contributed by atoms with E-state index in [0.717, 1.165) is 38.0 Å². The van der Waals surface area contributed by atoms with Crippen LogP contribution in [0.15, 0.2) is 0 Å². The number of nitrogens with one attached hydrogen (secondary N) is 1. The third-order valence-electron chi connectivity index (χ3n) is 5.17. The Hall–Kier alpha value is -0.950. The fourth-order valence-electron chi connectivity index (χ4n) is 3.81. The third-order valence-corrected chi connectivity index (χ3v) is 5.17. The molecule has 1 aromatic heterocycles. The minimum Gasteiger partial charge on any atom is -0.389 e. The topological polar surface area (TPSA) is 62.6 Å². The highest BCUT2D eigenvalue weighted by Gasteiger charge is 2.25. The standard InChI is InChI=1S/C18H34N4O2/c1-6-17(18-13(2)20-21(4)14(18)3)19-15-7-9-22(10-8-15)11-16(23)12-24-5/h15-17,19,23H,6-12H2,1-5H3. The van der Waals surface area contributed by atoms with Gasteiger partial charge in [-0.15, -0.1) is 0 Å². The number of nitrogens with zero attached hydrogens (tertiary/aromatic N) is 3. The quantitative estimate of drug-likeness (QED) is 0.753. The van der Waals surface area contributed by atoms with E-state index in [0.29, 0.717) is 25.2 Å². The maximum absolute atomic E-state index is 9.87. The van der Waals surface area contributed by atoms with Crippen molar-refractivity contribution in [2.45, 2.75) is 58.2 Å². The minimum atomic E-state index is -0.386. The second-order valence-electron chi connectivity index (χ2n) is 7.02. The molecule has 1 aromatic rings. The van der Waals surface area contributed by atoms with Crippen LogP contribution in [0, 0.1) is 13.8 Å². The lowest BCUT2D eigenvalue weighted by atomic mass is 9.98. The highest BCUT2D eigenvalue weighted by molar-refractivity contribution is 5.28. The first-order chi connectivity index (χ1) is 11.5. The molecule has 0 radical (unpaired) electrons. The number of rotatable bonds is 8. The van der Waals surface area contributed by atoms with Crippen LogP contribution in [0.3, 0.4) is 0 Å². The van der Waals surface area contributed by atoms with E-state index in [-0.39, 0.29) is 6.10 Å². The third kappa shape index (κ3) is 4.79. The van der Waals surface area contributed by atoms with Crippen LogP contribution in [0.1, 0.15) is 49.2 Å². The van der Waals surface area contributed by atoms with Crippen molar-refractivity contribution in [3.63, 3.8) is 0 Å². The molecule has 0 amide bonds. The zero-order valence-electron chi connectivity index (χ0n) is 15.9. The first kappa shape index (κ1) is 19.4. The Morgan fingerprint density at radius 2 is 2.00 bits per heavy atom. The van der Waals surface area contributed by atoms with E-state index >= 15 is 0 Å². The molecule has 138 valence electrons. The Morgan fingerprint density at radius 3 is 2.50 bits per heavy atom. The van der Waals surface area contributed by atoms with Crippen molar-refractivity contribution >= 4 is 0 Å². The average molecular weight is 338 g/mol. The number of likely N-dealkylation sites (tertiary alicyclic amines) is 1. The van der Waals surface area contributed by atoms with E-state index in [1.165, 1.54) is 11.3 Å². The van der Waals surface area contributed by atoms with Gasteiger partial charge in [-0.1, -0.05) is 6.92 Å². The van der Waals surface area contributed by atoms with E-state index in [9.17, 15) is 5.11 Å². The summed E-state index contributed by atoms with van der Waals surface area (Å²) in [6.07, 6.45) is 2.92. The fraction of sp³-hybridized carbons (Fsp3) is 0.833. The van der Waals surface area contributed by atoms with E-state index in [1.54, 1.807) is 7.11 Å². The van der Waals surface area contributed by atoms with Crippen molar-refractivity contribution in [2.75, 3.05) is 33.4 Å². The van der Waals surface area contributed by atoms with Gasteiger partial charge in [0.05, 0.1) is 18.4 Å². The monoisotopic (exact) mass is 338 g/mol. The maximum atomic E-state index is 9.87. The number of piperidine rings is 1. The van der Waals surface area contributed by atoms with Gasteiger partial charge in [-0.2, -0.15) is 5.10 Å². The summed E-state index contributed by atoms with van der Waals surface area (Å²) in [6.45, 7) is 9.67. The number of aliphatic hydroxyl groups is 1. The van der Waals surface area contributed by atoms with Crippen molar-refractivity contribution in [2.24, 2.45) is 7.05 Å². The number of β-amino-alcohol motifs (C(OH)–C–C–N with tert-alkyl or cyclic N) is 1. The van der Waals surface area contributed by atoms with Crippen LogP contribution >= 0.6 is 0 Å². The fourth-order valence-corrected chi connectivity index (χ4v) is 3.81. The van der Waals surface area contributed by atoms with Crippen LogP contribution in [-0.2, 0) is 11.8 Å². The summed E-state index contributed by atoms with van der Waals surface area (Å²) in [4.78, 5) is 2.34. The molecule has 24 heavy (non-hydrogen) atoms. The summed E-state index contributed by atoms with van der Waals surface area (Å²) in [5.41, 5.74) is 3.75. The van der Waals surface area contributed by atoms with Gasteiger partial charge < -0.3 is 20.1 Å². The highest BCUT2D eigenvalue weighted by Crippen LogP contribution is 2.25. The molecule has 0 aliphatic carbocycles. The van der Waals surface area contributed by atoms with E-state index in [2.05, 4.69) is 36.1 Å². The lowest BCUT2D eigenvalue weighted by Gasteiger charge is -2.35. The number of ether oxygens (including phenoxy) is 1. The number of hydrogen-bond acceptors (Lipinski definition) is 5. The van der Waals surface area contributed by atoms with Gasteiger partial charge in [-0.05, 0) is 46.2 Å². The summed E-state index contributed by atoms with van der Waals surface area (Å²) in [5.74, 6) is 0. The molecule has 1 aliphatic heterocycles. The van der Waals surface area contributed by atoms with Crippen LogP contribution in [0.5, 0.6) is 0 Å². The molecule has 2 N–H and O–H groups in total. The SMILES string of the molecule is CCC(NC1CCN(CC(O)COC)CC1)c1c(C)nn(C)c1C. The number of aromatic nitrogens is 2. The molecule has 2 rings (SSSR count). The molecule has 6 heteroatoms. The van der Waals surface area contributed by atoms with Gasteiger partial charge >= 0.3 is 0 Å². The van der Waals surface area contributed by atoms with Crippen LogP contribution in [0.4, 0.5) is 0 Å². The zero-order valence-corrected chi connectivity index (χ0v) is 15.9. The molecule has 0 bridgehead atoms. The molecular formula is C18H34N4O2. The Bertz CT molecular complexity index is 509. The molecule has 1 saturated heterocycles. The molecule has 1 fully saturated rings. The van der Waals surface area contributed by atoms with Crippen LogP contribution in [0.2, 0.25) is 0 Å². The highest BCUT2D eigenvalue weighted by atomic mass is 16.5. The van der Waals surface area contributed by atoms with E-state index < -0.39 is 0 Å². The lowest BCUT2D eigenvalue weighted by molar-refractivity contribution is 0.0307. The molecule has 2 unspecified atom stereocenters. The first-order valence-corrected chi connectivity index (χ1v) is 9.11. The Labute approximate surface area is 146 Å². The summed E-state index contributed by atoms with van der Waals surface area (Å²) in [6, 6.07) is 0.902. The van der Waals surface area contributed by atoms with Crippen molar-refractivity contribution in [1.29, 1.82) is 0 Å². The van der Waals surface area contributed by atoms with Crippen molar-refractivity contribution < 1.29 is 9.84 Å². The van der Waals surface area contributed by atoms with E-state index in [4.69, 9.17) is 4.74 Å². The molecule has 0 saturated carbocycles. The van der Waals surface area contributed by atoms with Gasteiger partial charge in [0.15, 0.2) is 0 Å². The predicted molar refractivity (Wildman–Crippen MR) is 96.2 cm³/mol. The van der Waals surface area contributed by atoms with Gasteiger partial charge in [0.25, 0.3) is 0 Å².